The van der Waals surface area contributed by atoms with Crippen molar-refractivity contribution in [3.8, 4) is 11.4 Å². The van der Waals surface area contributed by atoms with E-state index >= 15 is 0 Å². The molecule has 1 amide bonds. The fraction of sp³-hybridized carbons (Fsp3) is 0. The molecule has 1 heterocycles. The lowest BCUT2D eigenvalue weighted by atomic mass is 10.2. The van der Waals surface area contributed by atoms with Crippen molar-refractivity contribution < 1.29 is 9.18 Å². The molecule has 0 aliphatic carbocycles. The number of primary amides is 1. The van der Waals surface area contributed by atoms with Crippen LogP contribution in [0.3, 0.4) is 0 Å². The van der Waals surface area contributed by atoms with E-state index < -0.39 is 11.7 Å². The number of nitrogen functional groups attached to an aromatic ring is 1. The highest BCUT2D eigenvalue weighted by Gasteiger charge is 2.11. The molecule has 2 aromatic rings. The van der Waals surface area contributed by atoms with Crippen LogP contribution in [0, 0.1) is 5.82 Å². The molecule has 0 radical (unpaired) electrons. The van der Waals surface area contributed by atoms with Gasteiger partial charge in [-0.15, -0.1) is 0 Å². The summed E-state index contributed by atoms with van der Waals surface area (Å²) in [5, 5.41) is 0. The minimum atomic E-state index is -0.709. The van der Waals surface area contributed by atoms with Crippen LogP contribution in [0.1, 0.15) is 10.4 Å². The van der Waals surface area contributed by atoms with Crippen molar-refractivity contribution in [3.05, 3.63) is 40.2 Å². The zero-order valence-electron chi connectivity index (χ0n) is 9.02. The first-order chi connectivity index (χ1) is 8.47. The van der Waals surface area contributed by atoms with Crippen molar-refractivity contribution in [2.75, 3.05) is 5.73 Å². The largest absolute Gasteiger partial charge is 0.383 e. The lowest BCUT2D eigenvalue weighted by Crippen LogP contribution is -2.15. The fourth-order valence-corrected chi connectivity index (χ4v) is 1.87. The average molecular weight is 311 g/mol. The van der Waals surface area contributed by atoms with Gasteiger partial charge in [-0.05, 0) is 18.2 Å². The van der Waals surface area contributed by atoms with Crippen LogP contribution in [0.5, 0.6) is 0 Å². The Morgan fingerprint density at radius 1 is 1.33 bits per heavy atom. The molecule has 4 N–H and O–H groups in total. The van der Waals surface area contributed by atoms with Crippen molar-refractivity contribution in [2.24, 2.45) is 5.73 Å². The predicted molar refractivity (Wildman–Crippen MR) is 68.1 cm³/mol. The first-order valence-corrected chi connectivity index (χ1v) is 5.65. The number of rotatable bonds is 2. The number of carbonyl (C=O) groups excluding carboxylic acids is 1. The molecule has 0 unspecified atom stereocenters. The molecular weight excluding hydrogens is 303 g/mol. The van der Waals surface area contributed by atoms with E-state index in [9.17, 15) is 9.18 Å². The highest BCUT2D eigenvalue weighted by molar-refractivity contribution is 9.10. The SMILES string of the molecule is NC(=O)c1cnc(-c2cc(F)cc(Br)c2)nc1N. The maximum Gasteiger partial charge on any atom is 0.254 e. The van der Waals surface area contributed by atoms with Crippen molar-refractivity contribution in [2.45, 2.75) is 0 Å². The normalized spacial score (nSPS) is 10.3. The molecule has 0 atom stereocenters. The number of nitrogens with zero attached hydrogens (tertiary/aromatic N) is 2. The number of hydrogen-bond acceptors (Lipinski definition) is 4. The highest BCUT2D eigenvalue weighted by atomic mass is 79.9. The Labute approximate surface area is 110 Å². The number of aromatic nitrogens is 2. The first kappa shape index (κ1) is 12.4. The summed E-state index contributed by atoms with van der Waals surface area (Å²) in [5.74, 6) is -0.953. The van der Waals surface area contributed by atoms with Gasteiger partial charge in [0, 0.05) is 16.2 Å². The first-order valence-electron chi connectivity index (χ1n) is 4.86. The molecule has 5 nitrogen and oxygen atoms in total. The van der Waals surface area contributed by atoms with Crippen molar-refractivity contribution in [1.29, 1.82) is 0 Å². The van der Waals surface area contributed by atoms with E-state index in [0.29, 0.717) is 10.0 Å². The smallest absolute Gasteiger partial charge is 0.254 e. The van der Waals surface area contributed by atoms with Crippen LogP contribution in [0.25, 0.3) is 11.4 Å². The lowest BCUT2D eigenvalue weighted by Gasteiger charge is -2.05. The Bertz CT molecular complexity index is 612. The van der Waals surface area contributed by atoms with Crippen LogP contribution in [-0.2, 0) is 0 Å². The quantitative estimate of drug-likeness (QED) is 0.883. The fourth-order valence-electron chi connectivity index (χ4n) is 1.41. The van der Waals surface area contributed by atoms with E-state index in [4.69, 9.17) is 11.5 Å². The van der Waals surface area contributed by atoms with E-state index in [1.54, 1.807) is 6.07 Å². The van der Waals surface area contributed by atoms with Crippen LogP contribution < -0.4 is 11.5 Å². The summed E-state index contributed by atoms with van der Waals surface area (Å²) in [7, 11) is 0. The van der Waals surface area contributed by atoms with Crippen molar-refractivity contribution in [3.63, 3.8) is 0 Å². The van der Waals surface area contributed by atoms with Crippen LogP contribution in [0.2, 0.25) is 0 Å². The molecule has 0 aliphatic heterocycles. The van der Waals surface area contributed by atoms with Gasteiger partial charge in [0.25, 0.3) is 5.91 Å². The van der Waals surface area contributed by atoms with Crippen LogP contribution in [0.15, 0.2) is 28.9 Å². The minimum absolute atomic E-state index is 0.0344. The summed E-state index contributed by atoms with van der Waals surface area (Å²) in [6, 6.07) is 4.22. The zero-order chi connectivity index (χ0) is 13.3. The summed E-state index contributed by atoms with van der Waals surface area (Å²) in [6.45, 7) is 0. The molecule has 2 rings (SSSR count). The van der Waals surface area contributed by atoms with Crippen LogP contribution in [0.4, 0.5) is 10.2 Å². The molecule has 0 saturated heterocycles. The number of carbonyl (C=O) groups is 1. The molecular formula is C11H8BrFN4O. The van der Waals surface area contributed by atoms with E-state index in [2.05, 4.69) is 25.9 Å². The number of amides is 1. The number of anilines is 1. The molecule has 92 valence electrons. The average Bonchev–Trinajstić information content (AvgIpc) is 2.26. The van der Waals surface area contributed by atoms with Crippen LogP contribution in [-0.4, -0.2) is 15.9 Å². The molecule has 1 aromatic carbocycles. The molecule has 1 aromatic heterocycles. The van der Waals surface area contributed by atoms with Gasteiger partial charge in [-0.1, -0.05) is 15.9 Å². The summed E-state index contributed by atoms with van der Waals surface area (Å²) in [5.41, 5.74) is 11.1. The van der Waals surface area contributed by atoms with Gasteiger partial charge in [0.05, 0.1) is 5.56 Å². The Balaban J connectivity index is 2.52. The molecule has 0 saturated carbocycles. The van der Waals surface area contributed by atoms with Gasteiger partial charge in [-0.2, -0.15) is 0 Å². The van der Waals surface area contributed by atoms with Gasteiger partial charge in [0.15, 0.2) is 5.82 Å². The zero-order valence-corrected chi connectivity index (χ0v) is 10.6. The second kappa shape index (κ2) is 4.69. The third kappa shape index (κ3) is 2.45. The Morgan fingerprint density at radius 2 is 2.06 bits per heavy atom. The molecule has 0 spiro atoms. The number of nitrogens with two attached hydrogens (primary N) is 2. The third-order valence-electron chi connectivity index (χ3n) is 2.20. The van der Waals surface area contributed by atoms with Gasteiger partial charge in [-0.3, -0.25) is 4.79 Å². The molecule has 0 bridgehead atoms. The summed E-state index contributed by atoms with van der Waals surface area (Å²) in [6.07, 6.45) is 1.22. The minimum Gasteiger partial charge on any atom is -0.383 e. The van der Waals surface area contributed by atoms with E-state index in [1.165, 1.54) is 18.3 Å². The molecule has 0 fully saturated rings. The van der Waals surface area contributed by atoms with Gasteiger partial charge < -0.3 is 11.5 Å². The highest BCUT2D eigenvalue weighted by Crippen LogP contribution is 2.23. The number of hydrogen-bond donors (Lipinski definition) is 2. The monoisotopic (exact) mass is 310 g/mol. The second-order valence-electron chi connectivity index (χ2n) is 3.51. The summed E-state index contributed by atoms with van der Waals surface area (Å²) < 4.78 is 13.8. The number of benzene rings is 1. The van der Waals surface area contributed by atoms with Gasteiger partial charge in [-0.25, -0.2) is 14.4 Å². The van der Waals surface area contributed by atoms with E-state index in [0.717, 1.165) is 0 Å². The molecule has 7 heteroatoms. The number of halogens is 2. The maximum absolute atomic E-state index is 13.2. The molecule has 0 aliphatic rings. The molecule has 18 heavy (non-hydrogen) atoms. The van der Waals surface area contributed by atoms with E-state index in [1.807, 2.05) is 0 Å². The maximum atomic E-state index is 13.2. The Morgan fingerprint density at radius 3 is 2.61 bits per heavy atom. The van der Waals surface area contributed by atoms with Gasteiger partial charge >= 0.3 is 0 Å². The summed E-state index contributed by atoms with van der Waals surface area (Å²) >= 11 is 3.17. The lowest BCUT2D eigenvalue weighted by molar-refractivity contribution is 0.100. The van der Waals surface area contributed by atoms with E-state index in [-0.39, 0.29) is 17.2 Å². The Kier molecular flexibility index (Phi) is 3.24. The third-order valence-corrected chi connectivity index (χ3v) is 2.66. The standard InChI is InChI=1S/C11H8BrFN4O/c12-6-1-5(2-7(13)3-6)11-16-4-8(10(15)18)9(14)17-11/h1-4H,(H2,15,18)(H2,14,16,17). The Hall–Kier alpha value is -2.02. The van der Waals surface area contributed by atoms with Crippen molar-refractivity contribution >= 4 is 27.7 Å². The van der Waals surface area contributed by atoms with Gasteiger partial charge in [0.2, 0.25) is 0 Å². The topological polar surface area (TPSA) is 94.9 Å². The van der Waals surface area contributed by atoms with Crippen LogP contribution >= 0.6 is 15.9 Å². The van der Waals surface area contributed by atoms with Crippen molar-refractivity contribution in [1.82, 2.24) is 9.97 Å². The van der Waals surface area contributed by atoms with Gasteiger partial charge in [0.1, 0.15) is 11.6 Å². The summed E-state index contributed by atoms with van der Waals surface area (Å²) in [4.78, 5) is 18.8. The predicted octanol–water partition coefficient (Wildman–Crippen LogP) is 1.73. The second-order valence-corrected chi connectivity index (χ2v) is 4.43.